The molecule has 0 radical (unpaired) electrons. The lowest BCUT2D eigenvalue weighted by molar-refractivity contribution is -0.175. The highest BCUT2D eigenvalue weighted by atomic mass is 32.1. The van der Waals surface area contributed by atoms with Gasteiger partial charge in [0.2, 0.25) is 0 Å². The summed E-state index contributed by atoms with van der Waals surface area (Å²) >= 11 is 1.18. The minimum atomic E-state index is -4.16. The summed E-state index contributed by atoms with van der Waals surface area (Å²) in [4.78, 5) is 17.8. The molecule has 0 aliphatic carbocycles. The zero-order valence-electron chi connectivity index (χ0n) is 10.8. The van der Waals surface area contributed by atoms with Crippen LogP contribution in [0.3, 0.4) is 0 Å². The van der Waals surface area contributed by atoms with Gasteiger partial charge in [0.1, 0.15) is 0 Å². The van der Waals surface area contributed by atoms with Crippen LogP contribution in [0.15, 0.2) is 0 Å². The number of piperidine rings is 1. The number of carbonyl (C=O) groups is 1. The molecule has 2 heterocycles. The van der Waals surface area contributed by atoms with E-state index < -0.39 is 12.1 Å². The molecular weight excluding hydrogens is 277 g/mol. The molecular formula is C12H15F3N2OS. The van der Waals surface area contributed by atoms with E-state index in [0.29, 0.717) is 28.7 Å². The molecule has 7 heteroatoms. The number of carbonyl (C=O) groups excluding carboxylic acids is 1. The highest BCUT2D eigenvalue weighted by molar-refractivity contribution is 7.17. The van der Waals surface area contributed by atoms with E-state index in [1.54, 1.807) is 11.8 Å². The normalized spacial score (nSPS) is 20.7. The first-order valence-corrected chi connectivity index (χ1v) is 6.90. The Hall–Kier alpha value is -1.11. The maximum absolute atomic E-state index is 12.7. The maximum Gasteiger partial charge on any atom is 0.393 e. The number of halogens is 3. The van der Waals surface area contributed by atoms with Crippen LogP contribution >= 0.6 is 11.3 Å². The van der Waals surface area contributed by atoms with Crippen LogP contribution in [0.2, 0.25) is 0 Å². The lowest BCUT2D eigenvalue weighted by Gasteiger charge is -2.33. The number of rotatable bonds is 2. The number of aryl methyl sites for hydroxylation is 1. The van der Waals surface area contributed by atoms with Gasteiger partial charge in [0.15, 0.2) is 10.9 Å². The van der Waals surface area contributed by atoms with Gasteiger partial charge in [-0.15, -0.1) is 0 Å². The lowest BCUT2D eigenvalue weighted by atomic mass is 9.98. The highest BCUT2D eigenvalue weighted by Crippen LogP contribution is 2.36. The fourth-order valence-corrected chi connectivity index (χ4v) is 3.26. The van der Waals surface area contributed by atoms with Crippen molar-refractivity contribution in [2.75, 3.05) is 18.0 Å². The molecule has 1 aromatic heterocycles. The molecule has 1 aliphatic rings. The summed E-state index contributed by atoms with van der Waals surface area (Å²) in [5, 5.41) is 0.525. The SMILES string of the molecule is CC(=O)c1sc(N2CCCC(C(F)(F)F)C2)nc1C. The van der Waals surface area contributed by atoms with E-state index in [1.165, 1.54) is 18.3 Å². The van der Waals surface area contributed by atoms with Crippen LogP contribution in [-0.4, -0.2) is 30.0 Å². The molecule has 0 saturated carbocycles. The van der Waals surface area contributed by atoms with Gasteiger partial charge < -0.3 is 4.90 Å². The van der Waals surface area contributed by atoms with Crippen LogP contribution in [-0.2, 0) is 0 Å². The van der Waals surface area contributed by atoms with Gasteiger partial charge >= 0.3 is 6.18 Å². The predicted molar refractivity (Wildman–Crippen MR) is 67.8 cm³/mol. The number of ketones is 1. The fourth-order valence-electron chi connectivity index (χ4n) is 2.26. The van der Waals surface area contributed by atoms with E-state index in [2.05, 4.69) is 4.98 Å². The molecule has 1 fully saturated rings. The summed E-state index contributed by atoms with van der Waals surface area (Å²) in [5.41, 5.74) is 0.599. The third-order valence-electron chi connectivity index (χ3n) is 3.26. The fraction of sp³-hybridized carbons (Fsp3) is 0.667. The Morgan fingerprint density at radius 3 is 2.68 bits per heavy atom. The molecule has 3 nitrogen and oxygen atoms in total. The first-order valence-electron chi connectivity index (χ1n) is 6.09. The Morgan fingerprint density at radius 1 is 1.47 bits per heavy atom. The van der Waals surface area contributed by atoms with Gasteiger partial charge in [-0.25, -0.2) is 4.98 Å². The van der Waals surface area contributed by atoms with Crippen LogP contribution in [0, 0.1) is 12.8 Å². The Balaban J connectivity index is 2.18. The van der Waals surface area contributed by atoms with E-state index in [-0.39, 0.29) is 18.7 Å². The van der Waals surface area contributed by atoms with E-state index in [9.17, 15) is 18.0 Å². The van der Waals surface area contributed by atoms with E-state index in [0.717, 1.165) is 0 Å². The number of hydrogen-bond acceptors (Lipinski definition) is 4. The van der Waals surface area contributed by atoms with Gasteiger partial charge in [0.05, 0.1) is 16.5 Å². The molecule has 1 aliphatic heterocycles. The van der Waals surface area contributed by atoms with Crippen molar-refractivity contribution in [2.45, 2.75) is 32.9 Å². The lowest BCUT2D eigenvalue weighted by Crippen LogP contribution is -2.41. The Kier molecular flexibility index (Phi) is 3.85. The molecule has 0 bridgehead atoms. The van der Waals surface area contributed by atoms with Gasteiger partial charge in [-0.05, 0) is 19.8 Å². The molecule has 1 aromatic rings. The second-order valence-corrected chi connectivity index (χ2v) is 5.77. The molecule has 2 rings (SSSR count). The van der Waals surface area contributed by atoms with Crippen LogP contribution in [0.25, 0.3) is 0 Å². The molecule has 0 amide bonds. The molecule has 0 N–H and O–H groups in total. The van der Waals surface area contributed by atoms with Gasteiger partial charge in [0, 0.05) is 20.0 Å². The van der Waals surface area contributed by atoms with Crippen molar-refractivity contribution in [1.82, 2.24) is 4.98 Å². The topological polar surface area (TPSA) is 33.2 Å². The van der Waals surface area contributed by atoms with Crippen molar-refractivity contribution < 1.29 is 18.0 Å². The standard InChI is InChI=1S/C12H15F3N2OS/c1-7-10(8(2)18)19-11(16-7)17-5-3-4-9(6-17)12(13,14)15/h9H,3-6H2,1-2H3. The first kappa shape index (κ1) is 14.3. The number of thiazole rings is 1. The van der Waals surface area contributed by atoms with Crippen molar-refractivity contribution >= 4 is 22.3 Å². The van der Waals surface area contributed by atoms with E-state index >= 15 is 0 Å². The Morgan fingerprint density at radius 2 is 2.16 bits per heavy atom. The maximum atomic E-state index is 12.7. The Labute approximate surface area is 113 Å². The Bertz CT molecular complexity index is 484. The second-order valence-electron chi connectivity index (χ2n) is 4.79. The number of aromatic nitrogens is 1. The number of nitrogens with zero attached hydrogens (tertiary/aromatic N) is 2. The molecule has 19 heavy (non-hydrogen) atoms. The zero-order chi connectivity index (χ0) is 14.2. The monoisotopic (exact) mass is 292 g/mol. The predicted octanol–water partition coefficient (Wildman–Crippen LogP) is 3.43. The molecule has 0 spiro atoms. The molecule has 106 valence electrons. The summed E-state index contributed by atoms with van der Waals surface area (Å²) in [6.45, 7) is 3.66. The number of alkyl halides is 3. The molecule has 1 unspecified atom stereocenters. The summed E-state index contributed by atoms with van der Waals surface area (Å²) in [6.07, 6.45) is -3.49. The highest BCUT2D eigenvalue weighted by Gasteiger charge is 2.42. The average Bonchev–Trinajstić information content (AvgIpc) is 2.70. The van der Waals surface area contributed by atoms with Gasteiger partial charge in [0.25, 0.3) is 0 Å². The largest absolute Gasteiger partial charge is 0.393 e. The second kappa shape index (κ2) is 5.11. The minimum Gasteiger partial charge on any atom is -0.347 e. The van der Waals surface area contributed by atoms with Crippen LogP contribution in [0.4, 0.5) is 18.3 Å². The third kappa shape index (κ3) is 3.08. The molecule has 1 atom stereocenters. The van der Waals surface area contributed by atoms with Crippen molar-refractivity contribution in [3.05, 3.63) is 10.6 Å². The van der Waals surface area contributed by atoms with Gasteiger partial charge in [-0.2, -0.15) is 13.2 Å². The quantitative estimate of drug-likeness (QED) is 0.783. The zero-order valence-corrected chi connectivity index (χ0v) is 11.6. The van der Waals surface area contributed by atoms with Crippen LogP contribution in [0.1, 0.15) is 35.1 Å². The molecule has 0 aromatic carbocycles. The van der Waals surface area contributed by atoms with Gasteiger partial charge in [-0.3, -0.25) is 4.79 Å². The number of anilines is 1. The number of Topliss-reactive ketones (excluding diaryl/α,β-unsaturated/α-hetero) is 1. The third-order valence-corrected chi connectivity index (χ3v) is 4.58. The van der Waals surface area contributed by atoms with E-state index in [4.69, 9.17) is 0 Å². The van der Waals surface area contributed by atoms with Crippen molar-refractivity contribution in [1.29, 1.82) is 0 Å². The van der Waals surface area contributed by atoms with Crippen molar-refractivity contribution in [3.8, 4) is 0 Å². The smallest absolute Gasteiger partial charge is 0.347 e. The minimum absolute atomic E-state index is 0.0617. The van der Waals surface area contributed by atoms with Crippen LogP contribution < -0.4 is 4.90 Å². The summed E-state index contributed by atoms with van der Waals surface area (Å²) in [7, 11) is 0. The summed E-state index contributed by atoms with van der Waals surface area (Å²) < 4.78 is 38.2. The van der Waals surface area contributed by atoms with Crippen molar-refractivity contribution in [3.63, 3.8) is 0 Å². The number of hydrogen-bond donors (Lipinski definition) is 0. The van der Waals surface area contributed by atoms with Gasteiger partial charge in [-0.1, -0.05) is 11.3 Å². The summed E-state index contributed by atoms with van der Waals surface area (Å²) in [5.74, 6) is -1.39. The van der Waals surface area contributed by atoms with Crippen molar-refractivity contribution in [2.24, 2.45) is 5.92 Å². The van der Waals surface area contributed by atoms with E-state index in [1.807, 2.05) is 0 Å². The van der Waals surface area contributed by atoms with Crippen LogP contribution in [0.5, 0.6) is 0 Å². The molecule has 1 saturated heterocycles. The average molecular weight is 292 g/mol. The first-order chi connectivity index (χ1) is 8.79. The summed E-state index contributed by atoms with van der Waals surface area (Å²) in [6, 6.07) is 0.